The second kappa shape index (κ2) is 11.9. The number of aromatic nitrogens is 4. The Morgan fingerprint density at radius 2 is 1.73 bits per heavy atom. The lowest BCUT2D eigenvalue weighted by Crippen LogP contribution is -2.44. The lowest BCUT2D eigenvalue weighted by molar-refractivity contribution is 0.282. The number of pyridine rings is 2. The van der Waals surface area contributed by atoms with E-state index in [1.165, 1.54) is 9.25 Å². The van der Waals surface area contributed by atoms with Crippen molar-refractivity contribution in [2.75, 3.05) is 62.4 Å². The fraction of sp³-hybridized carbons (Fsp3) is 0.273. The van der Waals surface area contributed by atoms with Gasteiger partial charge in [0.1, 0.15) is 11.5 Å². The first kappa shape index (κ1) is 29.1. The van der Waals surface area contributed by atoms with E-state index in [9.17, 15) is 14.7 Å². The van der Waals surface area contributed by atoms with Gasteiger partial charge in [-0.2, -0.15) is 9.78 Å². The lowest BCUT2D eigenvalue weighted by Gasteiger charge is -2.33. The molecule has 44 heavy (non-hydrogen) atoms. The van der Waals surface area contributed by atoms with Crippen LogP contribution in [0.15, 0.2) is 82.8 Å². The van der Waals surface area contributed by atoms with Crippen molar-refractivity contribution in [2.45, 2.75) is 6.61 Å². The van der Waals surface area contributed by atoms with Gasteiger partial charge in [0, 0.05) is 75.7 Å². The van der Waals surface area contributed by atoms with E-state index in [1.807, 2.05) is 61.6 Å². The summed E-state index contributed by atoms with van der Waals surface area (Å²) < 4.78 is 2.81. The molecule has 0 aliphatic carbocycles. The van der Waals surface area contributed by atoms with Crippen LogP contribution < -0.4 is 26.2 Å². The number of hydrogen-bond acceptors (Lipinski definition) is 9. The molecule has 0 atom stereocenters. The van der Waals surface area contributed by atoms with E-state index in [2.05, 4.69) is 32.2 Å². The highest BCUT2D eigenvalue weighted by atomic mass is 16.3. The van der Waals surface area contributed by atoms with Crippen molar-refractivity contribution in [2.24, 2.45) is 7.05 Å². The number of aryl methyl sites for hydroxylation is 1. The molecule has 11 heteroatoms. The van der Waals surface area contributed by atoms with Gasteiger partial charge in [0.25, 0.3) is 11.1 Å². The molecule has 5 aromatic rings. The normalized spacial score (nSPS) is 13.8. The molecule has 4 heterocycles. The number of nitrogens with zero attached hydrogens (tertiary/aromatic N) is 7. The van der Waals surface area contributed by atoms with E-state index in [-0.39, 0.29) is 17.7 Å². The Morgan fingerprint density at radius 1 is 0.932 bits per heavy atom. The fourth-order valence-electron chi connectivity index (χ4n) is 5.60. The molecule has 1 aliphatic heterocycles. The summed E-state index contributed by atoms with van der Waals surface area (Å²) in [6.45, 7) is 3.56. The summed E-state index contributed by atoms with van der Waals surface area (Å²) in [6, 6.07) is 16.7. The number of aliphatic hydroxyl groups excluding tert-OH is 1. The Hall–Kier alpha value is -5.00. The minimum Gasteiger partial charge on any atom is -0.392 e. The van der Waals surface area contributed by atoms with Crippen LogP contribution in [0.3, 0.4) is 0 Å². The minimum atomic E-state index is -0.335. The Morgan fingerprint density at radius 3 is 2.43 bits per heavy atom. The molecule has 0 amide bonds. The number of benzene rings is 2. The molecule has 0 bridgehead atoms. The largest absolute Gasteiger partial charge is 0.392 e. The molecule has 0 unspecified atom stereocenters. The van der Waals surface area contributed by atoms with Gasteiger partial charge in [0.05, 0.1) is 35.8 Å². The number of rotatable bonds is 7. The highest BCUT2D eigenvalue weighted by molar-refractivity contribution is 5.85. The predicted molar refractivity (Wildman–Crippen MR) is 175 cm³/mol. The van der Waals surface area contributed by atoms with Crippen LogP contribution in [0, 0.1) is 0 Å². The summed E-state index contributed by atoms with van der Waals surface area (Å²) in [6.07, 6.45) is 5.20. The molecule has 2 aromatic carbocycles. The van der Waals surface area contributed by atoms with Crippen LogP contribution in [0.5, 0.6) is 0 Å². The first-order valence-corrected chi connectivity index (χ1v) is 14.5. The summed E-state index contributed by atoms with van der Waals surface area (Å²) in [5.74, 6) is 0.553. The van der Waals surface area contributed by atoms with E-state index >= 15 is 0 Å². The van der Waals surface area contributed by atoms with Gasteiger partial charge in [0.15, 0.2) is 0 Å². The number of aliphatic hydroxyl groups is 1. The molecular formula is C33H36N8O3. The summed E-state index contributed by atoms with van der Waals surface area (Å²) in [5.41, 5.74) is 4.22. The minimum absolute atomic E-state index is 0.218. The third-order valence-electron chi connectivity index (χ3n) is 8.20. The van der Waals surface area contributed by atoms with Crippen molar-refractivity contribution < 1.29 is 5.11 Å². The van der Waals surface area contributed by atoms with Crippen molar-refractivity contribution in [3.8, 4) is 16.8 Å². The first-order chi connectivity index (χ1) is 21.2. The van der Waals surface area contributed by atoms with Crippen molar-refractivity contribution >= 4 is 33.7 Å². The quantitative estimate of drug-likeness (QED) is 0.294. The maximum atomic E-state index is 13.6. The molecule has 3 aromatic heterocycles. The highest BCUT2D eigenvalue weighted by Gasteiger charge is 2.18. The number of piperazine rings is 1. The third-order valence-corrected chi connectivity index (χ3v) is 8.20. The molecule has 6 rings (SSSR count). The van der Waals surface area contributed by atoms with Gasteiger partial charge < -0.3 is 29.7 Å². The van der Waals surface area contributed by atoms with Gasteiger partial charge >= 0.3 is 0 Å². The molecule has 2 N–H and O–H groups in total. The summed E-state index contributed by atoms with van der Waals surface area (Å²) in [5, 5.41) is 19.5. The van der Waals surface area contributed by atoms with Crippen LogP contribution in [0.1, 0.15) is 5.56 Å². The smallest absolute Gasteiger partial charge is 0.279 e. The maximum Gasteiger partial charge on any atom is 0.279 e. The van der Waals surface area contributed by atoms with Gasteiger partial charge in [-0.25, -0.2) is 4.98 Å². The second-order valence-corrected chi connectivity index (χ2v) is 11.4. The predicted octanol–water partition coefficient (Wildman–Crippen LogP) is 3.20. The molecule has 1 fully saturated rings. The summed E-state index contributed by atoms with van der Waals surface area (Å²) >= 11 is 0. The van der Waals surface area contributed by atoms with Gasteiger partial charge in [-0.15, -0.1) is 0 Å². The molecule has 1 aliphatic rings. The fourth-order valence-corrected chi connectivity index (χ4v) is 5.60. The van der Waals surface area contributed by atoms with E-state index in [0.717, 1.165) is 42.9 Å². The van der Waals surface area contributed by atoms with Gasteiger partial charge in [-0.05, 0) is 55.1 Å². The average Bonchev–Trinajstić information content (AvgIpc) is 3.03. The monoisotopic (exact) mass is 592 g/mol. The number of anilines is 4. The van der Waals surface area contributed by atoms with Crippen LogP contribution in [0.25, 0.3) is 27.6 Å². The van der Waals surface area contributed by atoms with Crippen LogP contribution in [0.4, 0.5) is 22.9 Å². The average molecular weight is 593 g/mol. The van der Waals surface area contributed by atoms with Crippen LogP contribution in [-0.2, 0) is 13.7 Å². The zero-order chi connectivity index (χ0) is 31.0. The number of hydrogen-bond donors (Lipinski definition) is 2. The Kier molecular flexibility index (Phi) is 7.90. The van der Waals surface area contributed by atoms with Crippen LogP contribution in [0.2, 0.25) is 0 Å². The van der Waals surface area contributed by atoms with Gasteiger partial charge in [0.2, 0.25) is 0 Å². The number of fused-ring (bicyclic) bond motifs is 1. The molecular weight excluding hydrogens is 556 g/mol. The lowest BCUT2D eigenvalue weighted by atomic mass is 9.99. The van der Waals surface area contributed by atoms with Gasteiger partial charge in [-0.3, -0.25) is 9.59 Å². The zero-order valence-electron chi connectivity index (χ0n) is 25.4. The van der Waals surface area contributed by atoms with E-state index < -0.39 is 0 Å². The summed E-state index contributed by atoms with van der Waals surface area (Å²) in [7, 11) is 7.69. The molecule has 11 nitrogen and oxygen atoms in total. The van der Waals surface area contributed by atoms with E-state index in [4.69, 9.17) is 0 Å². The third kappa shape index (κ3) is 5.54. The molecule has 0 spiro atoms. The Labute approximate surface area is 255 Å². The Bertz CT molecular complexity index is 1940. The topological polar surface area (TPSA) is 112 Å². The van der Waals surface area contributed by atoms with Gasteiger partial charge in [-0.1, -0.05) is 12.1 Å². The number of nitrogens with one attached hydrogen (secondary N) is 1. The first-order valence-electron chi connectivity index (χ1n) is 14.5. The zero-order valence-corrected chi connectivity index (χ0v) is 25.4. The highest BCUT2D eigenvalue weighted by Crippen LogP contribution is 2.30. The SMILES string of the molecule is CN1CCN(c2ccc(Nc3cc(-c4cccc(-n5ncc6cc(N(C)C)ccc6c5=O)c4CO)cn(C)c3=O)nc2)CC1. The van der Waals surface area contributed by atoms with E-state index in [0.29, 0.717) is 39.3 Å². The van der Waals surface area contributed by atoms with Crippen molar-refractivity contribution in [3.05, 3.63) is 99.5 Å². The Balaban J connectivity index is 1.35. The molecule has 0 radical (unpaired) electrons. The second-order valence-electron chi connectivity index (χ2n) is 11.4. The molecule has 0 saturated carbocycles. The van der Waals surface area contributed by atoms with Crippen molar-refractivity contribution in [1.82, 2.24) is 24.2 Å². The van der Waals surface area contributed by atoms with Crippen molar-refractivity contribution in [1.29, 1.82) is 0 Å². The molecule has 1 saturated heterocycles. The number of likely N-dealkylation sites (N-methyl/N-ethyl adjacent to an activating group) is 1. The maximum absolute atomic E-state index is 13.6. The van der Waals surface area contributed by atoms with Crippen molar-refractivity contribution in [3.63, 3.8) is 0 Å². The van der Waals surface area contributed by atoms with E-state index in [1.54, 1.807) is 37.6 Å². The standard InChI is InChI=1S/C33H36N8O3/c1-37(2)24-8-10-27-22(16-24)18-35-41(32(27)43)30-7-5-6-26(28(30)21-42)23-17-29(33(44)39(4)20-23)36-31-11-9-25(19-34-31)40-14-12-38(3)13-15-40/h5-11,16-20,42H,12-15,21H2,1-4H3,(H,34,36). The van der Waals surface area contributed by atoms with Crippen LogP contribution in [-0.4, -0.2) is 76.7 Å². The van der Waals surface area contributed by atoms with Crippen LogP contribution >= 0.6 is 0 Å². The summed E-state index contributed by atoms with van der Waals surface area (Å²) in [4.78, 5) is 37.8. The molecule has 226 valence electrons.